The summed E-state index contributed by atoms with van der Waals surface area (Å²) in [6, 6.07) is -0.776. The molecule has 3 aliphatic rings. The zero-order valence-electron chi connectivity index (χ0n) is 19.8. The van der Waals surface area contributed by atoms with E-state index in [9.17, 15) is 18.0 Å². The van der Waals surface area contributed by atoms with Crippen molar-refractivity contribution in [3.8, 4) is 12.3 Å². The molecular formula is C23H29F4N5O2S. The fourth-order valence-electron chi connectivity index (χ4n) is 5.53. The predicted molar refractivity (Wildman–Crippen MR) is 128 cm³/mol. The van der Waals surface area contributed by atoms with Crippen LogP contribution < -0.4 is 5.73 Å². The van der Waals surface area contributed by atoms with Crippen molar-refractivity contribution in [3.05, 3.63) is 24.0 Å². The minimum absolute atomic E-state index is 0.0247. The van der Waals surface area contributed by atoms with Crippen molar-refractivity contribution in [1.29, 1.82) is 0 Å². The Kier molecular flexibility index (Phi) is 7.50. The molecule has 0 aliphatic carbocycles. The number of carbonyl (C=O) groups is 1. The van der Waals surface area contributed by atoms with Gasteiger partial charge in [0.15, 0.2) is 11.8 Å². The lowest BCUT2D eigenvalue weighted by molar-refractivity contribution is -0.160. The van der Waals surface area contributed by atoms with Crippen LogP contribution in [-0.4, -0.2) is 76.8 Å². The molecule has 3 rings (SSSR count). The molecule has 2 N–H and O–H groups in total. The number of terminal acetylenes is 1. The van der Waals surface area contributed by atoms with Crippen LogP contribution in [0, 0.1) is 23.7 Å². The van der Waals surface area contributed by atoms with Gasteiger partial charge in [-0.1, -0.05) is 23.8 Å². The van der Waals surface area contributed by atoms with E-state index in [4.69, 9.17) is 16.9 Å². The van der Waals surface area contributed by atoms with Gasteiger partial charge in [0.1, 0.15) is 17.8 Å². The van der Waals surface area contributed by atoms with Crippen LogP contribution in [-0.2, 0) is 9.53 Å². The quantitative estimate of drug-likeness (QED) is 0.176. The van der Waals surface area contributed by atoms with Crippen LogP contribution in [0.25, 0.3) is 0 Å². The van der Waals surface area contributed by atoms with Crippen LogP contribution >= 0.6 is 11.8 Å². The van der Waals surface area contributed by atoms with Crippen molar-refractivity contribution in [3.63, 3.8) is 0 Å². The smallest absolute Gasteiger partial charge is 0.397 e. The Morgan fingerprint density at radius 1 is 1.51 bits per heavy atom. The van der Waals surface area contributed by atoms with Gasteiger partial charge in [-0.05, 0) is 27.5 Å². The Labute approximate surface area is 206 Å². The van der Waals surface area contributed by atoms with Gasteiger partial charge in [-0.3, -0.25) is 14.8 Å². The van der Waals surface area contributed by atoms with Crippen LogP contribution in [0.1, 0.15) is 27.2 Å². The SMILES string of the molecule is C#CCO/C(=C/N=C)N1C(C(C)(/C(F)=C\C)[C@]23CN(C(=O)CC(F)(F)F)C[C@H]2CSC(N)=N3)[C@H]1C. The van der Waals surface area contributed by atoms with Crippen LogP contribution in [0.5, 0.6) is 0 Å². The van der Waals surface area contributed by atoms with Gasteiger partial charge in [-0.25, -0.2) is 4.39 Å². The van der Waals surface area contributed by atoms with Gasteiger partial charge in [-0.15, -0.1) is 6.42 Å². The minimum atomic E-state index is -4.65. The van der Waals surface area contributed by atoms with Crippen molar-refractivity contribution in [2.75, 3.05) is 25.4 Å². The summed E-state index contributed by atoms with van der Waals surface area (Å²) in [5.74, 6) is 1.07. The summed E-state index contributed by atoms with van der Waals surface area (Å²) in [7, 11) is 0. The highest BCUT2D eigenvalue weighted by Crippen LogP contribution is 2.61. The Balaban J connectivity index is 2.09. The first-order valence-electron chi connectivity index (χ1n) is 11.0. The van der Waals surface area contributed by atoms with Crippen molar-refractivity contribution in [2.45, 2.75) is 51.0 Å². The standard InChI is InChI=1S/C23H29F4N5O2S/c1-6-8-34-18(10-29-5)32-14(3)19(32)21(4,16(24)7-2)22-13-31(17(33)9-23(25,26)27)11-15(22)12-35-20(28)30-22/h1,7,10,14-15,19H,5,8-9,11-13H2,2-4H3,(H2,28,30)/b16-7+,18-10+/t14-,15+,19?,21?,22+,32?/m1/s1. The average molecular weight is 516 g/mol. The average Bonchev–Trinajstić information content (AvgIpc) is 3.28. The maximum absolute atomic E-state index is 16.0. The van der Waals surface area contributed by atoms with E-state index >= 15 is 4.39 Å². The van der Waals surface area contributed by atoms with Crippen molar-refractivity contribution >= 4 is 29.6 Å². The second-order valence-corrected chi connectivity index (χ2v) is 10.1. The van der Waals surface area contributed by atoms with Crippen molar-refractivity contribution in [2.24, 2.45) is 27.1 Å². The lowest BCUT2D eigenvalue weighted by Gasteiger charge is -2.48. The summed E-state index contributed by atoms with van der Waals surface area (Å²) in [5.41, 5.74) is 3.45. The number of allylic oxidation sites excluding steroid dienone is 1. The fourth-order valence-corrected chi connectivity index (χ4v) is 6.52. The van der Waals surface area contributed by atoms with Crippen LogP contribution in [0.4, 0.5) is 17.6 Å². The highest BCUT2D eigenvalue weighted by molar-refractivity contribution is 8.13. The number of rotatable bonds is 8. The molecule has 0 aromatic rings. The lowest BCUT2D eigenvalue weighted by atomic mass is 9.62. The van der Waals surface area contributed by atoms with E-state index in [1.165, 1.54) is 24.0 Å². The summed E-state index contributed by atoms with van der Waals surface area (Å²) < 4.78 is 60.5. The summed E-state index contributed by atoms with van der Waals surface area (Å²) in [4.78, 5) is 23.9. The molecule has 35 heavy (non-hydrogen) atoms. The normalized spacial score (nSPS) is 30.7. The van der Waals surface area contributed by atoms with Gasteiger partial charge < -0.3 is 20.3 Å². The minimum Gasteiger partial charge on any atom is -0.465 e. The van der Waals surface area contributed by atoms with E-state index < -0.39 is 47.2 Å². The summed E-state index contributed by atoms with van der Waals surface area (Å²) in [6.07, 6.45) is 1.77. The molecular weight excluding hydrogens is 486 g/mol. The number of thioether (sulfide) groups is 1. The molecule has 0 radical (unpaired) electrons. The molecule has 192 valence electrons. The van der Waals surface area contributed by atoms with E-state index in [1.807, 2.05) is 6.92 Å². The molecule has 3 aliphatic heterocycles. The number of alkyl halides is 3. The van der Waals surface area contributed by atoms with Crippen LogP contribution in [0.3, 0.4) is 0 Å². The van der Waals surface area contributed by atoms with Gasteiger partial charge in [-0.2, -0.15) is 13.2 Å². The number of amidine groups is 1. The van der Waals surface area contributed by atoms with Crippen molar-refractivity contribution in [1.82, 2.24) is 9.80 Å². The number of hydrogen-bond acceptors (Lipinski definition) is 7. The predicted octanol–water partition coefficient (Wildman–Crippen LogP) is 3.30. The zero-order valence-corrected chi connectivity index (χ0v) is 20.6. The Bertz CT molecular complexity index is 1010. The third-order valence-electron chi connectivity index (χ3n) is 7.10. The number of ether oxygens (including phenoxy) is 1. The first-order valence-corrected chi connectivity index (χ1v) is 12.0. The molecule has 0 bridgehead atoms. The van der Waals surface area contributed by atoms with Gasteiger partial charge in [0.2, 0.25) is 11.8 Å². The number of halogens is 4. The molecule has 5 atom stereocenters. The molecule has 3 heterocycles. The molecule has 0 aromatic heterocycles. The molecule has 2 fully saturated rings. The number of aliphatic imine (C=N–C) groups is 2. The van der Waals surface area contributed by atoms with Crippen LogP contribution in [0.2, 0.25) is 0 Å². The zero-order chi connectivity index (χ0) is 26.2. The lowest BCUT2D eigenvalue weighted by Crippen LogP contribution is -2.58. The van der Waals surface area contributed by atoms with Gasteiger partial charge >= 0.3 is 6.18 Å². The number of likely N-dealkylation sites (tertiary alicyclic amines) is 1. The molecule has 2 saturated heterocycles. The summed E-state index contributed by atoms with van der Waals surface area (Å²) in [5, 5.41) is 0.202. The summed E-state index contributed by atoms with van der Waals surface area (Å²) >= 11 is 1.25. The molecule has 0 aromatic carbocycles. The highest BCUT2D eigenvalue weighted by atomic mass is 32.2. The molecule has 0 spiro atoms. The maximum Gasteiger partial charge on any atom is 0.397 e. The van der Waals surface area contributed by atoms with Crippen molar-refractivity contribution < 1.29 is 27.1 Å². The molecule has 0 saturated carbocycles. The first kappa shape index (κ1) is 26.9. The van der Waals surface area contributed by atoms with E-state index in [-0.39, 0.29) is 30.9 Å². The second kappa shape index (κ2) is 9.76. The van der Waals surface area contributed by atoms with Gasteiger partial charge in [0, 0.05) is 24.8 Å². The Morgan fingerprint density at radius 2 is 2.20 bits per heavy atom. The highest BCUT2D eigenvalue weighted by Gasteiger charge is 2.71. The molecule has 1 amide bonds. The number of hydrogen-bond donors (Lipinski definition) is 1. The largest absolute Gasteiger partial charge is 0.465 e. The molecule has 2 unspecified atom stereocenters. The maximum atomic E-state index is 16.0. The topological polar surface area (TPSA) is 83.3 Å². The van der Waals surface area contributed by atoms with E-state index in [2.05, 4.69) is 22.6 Å². The second-order valence-electron chi connectivity index (χ2n) is 9.02. The molecule has 12 heteroatoms. The number of fused-ring (bicyclic) bond motifs is 1. The summed E-state index contributed by atoms with van der Waals surface area (Å²) in [6.45, 7) is 8.32. The third kappa shape index (κ3) is 4.75. The van der Waals surface area contributed by atoms with Gasteiger partial charge in [0.05, 0.1) is 23.7 Å². The molecule has 7 nitrogen and oxygen atoms in total. The van der Waals surface area contributed by atoms with E-state index in [0.717, 1.165) is 4.90 Å². The number of nitrogens with two attached hydrogens (primary N) is 1. The van der Waals surface area contributed by atoms with Crippen LogP contribution in [0.15, 0.2) is 34.0 Å². The Hall–Kier alpha value is -2.68. The Morgan fingerprint density at radius 3 is 2.77 bits per heavy atom. The van der Waals surface area contributed by atoms with Gasteiger partial charge in [0.25, 0.3) is 0 Å². The fraction of sp³-hybridized carbons (Fsp3) is 0.609. The number of carbonyl (C=O) groups excluding carboxylic acids is 1. The van der Waals surface area contributed by atoms with E-state index in [1.54, 1.807) is 18.7 Å². The first-order chi connectivity index (χ1) is 16.4. The number of amides is 1. The third-order valence-corrected chi connectivity index (χ3v) is 8.06. The van der Waals surface area contributed by atoms with E-state index in [0.29, 0.717) is 11.6 Å². The number of nitrogens with zero attached hydrogens (tertiary/aromatic N) is 4. The monoisotopic (exact) mass is 515 g/mol.